The highest BCUT2D eigenvalue weighted by Gasteiger charge is 2.17. The van der Waals surface area contributed by atoms with Gasteiger partial charge in [0.15, 0.2) is 0 Å². The smallest absolute Gasteiger partial charge is 0.251 e. The van der Waals surface area contributed by atoms with Gasteiger partial charge in [-0.1, -0.05) is 0 Å². The fourth-order valence-electron chi connectivity index (χ4n) is 3.44. The van der Waals surface area contributed by atoms with Gasteiger partial charge in [-0.15, -0.1) is 0 Å². The van der Waals surface area contributed by atoms with E-state index in [0.29, 0.717) is 48.5 Å². The van der Waals surface area contributed by atoms with Crippen molar-refractivity contribution < 1.29 is 13.9 Å². The number of amides is 1. The van der Waals surface area contributed by atoms with Gasteiger partial charge in [0.1, 0.15) is 29.0 Å². The summed E-state index contributed by atoms with van der Waals surface area (Å²) in [6.45, 7) is 1.08. The molecule has 2 aromatic carbocycles. The van der Waals surface area contributed by atoms with E-state index in [4.69, 9.17) is 10.5 Å². The Morgan fingerprint density at radius 1 is 1.30 bits per heavy atom. The molecule has 1 amide bonds. The Labute approximate surface area is 172 Å². The van der Waals surface area contributed by atoms with Crippen LogP contribution < -0.4 is 15.8 Å². The van der Waals surface area contributed by atoms with Crippen molar-refractivity contribution >= 4 is 11.7 Å². The molecule has 1 aliphatic heterocycles. The number of hydrogen-bond acceptors (Lipinski definition) is 5. The van der Waals surface area contributed by atoms with Crippen LogP contribution in [-0.4, -0.2) is 28.8 Å². The minimum absolute atomic E-state index is 0.151. The summed E-state index contributed by atoms with van der Waals surface area (Å²) in [4.78, 5) is 12.4. The van der Waals surface area contributed by atoms with Crippen LogP contribution in [0.25, 0.3) is 5.69 Å². The number of carbonyl (C=O) groups excluding carboxylic acids is 1. The Hall–Kier alpha value is -3.86. The topological polar surface area (TPSA) is 106 Å². The number of rotatable bonds is 6. The molecular weight excluding hydrogens is 385 g/mol. The molecule has 3 N–H and O–H groups in total. The molecule has 7 nitrogen and oxygen atoms in total. The number of nitrogens with zero attached hydrogens (tertiary/aromatic N) is 3. The van der Waals surface area contributed by atoms with Gasteiger partial charge >= 0.3 is 0 Å². The van der Waals surface area contributed by atoms with E-state index in [1.165, 1.54) is 16.8 Å². The Bertz CT molecular complexity index is 1130. The molecule has 0 spiro atoms. The van der Waals surface area contributed by atoms with Gasteiger partial charge in [0.25, 0.3) is 5.91 Å². The van der Waals surface area contributed by atoms with Gasteiger partial charge < -0.3 is 15.8 Å². The van der Waals surface area contributed by atoms with Crippen LogP contribution in [0, 0.1) is 17.1 Å². The number of carbonyl (C=O) groups is 1. The number of nitriles is 1. The Kier molecular flexibility index (Phi) is 5.35. The molecule has 0 atom stereocenters. The number of benzene rings is 2. The van der Waals surface area contributed by atoms with Crippen LogP contribution in [0.5, 0.6) is 5.75 Å². The second-order valence-corrected chi connectivity index (χ2v) is 6.99. The van der Waals surface area contributed by atoms with Crippen molar-refractivity contribution in [2.75, 3.05) is 18.9 Å². The lowest BCUT2D eigenvalue weighted by Gasteiger charge is -2.06. The highest BCUT2D eigenvalue weighted by molar-refractivity contribution is 5.94. The van der Waals surface area contributed by atoms with E-state index >= 15 is 0 Å². The largest absolute Gasteiger partial charge is 0.493 e. The zero-order valence-electron chi connectivity index (χ0n) is 16.2. The van der Waals surface area contributed by atoms with Gasteiger partial charge in [0, 0.05) is 18.5 Å². The Morgan fingerprint density at radius 2 is 2.10 bits per heavy atom. The van der Waals surface area contributed by atoms with Crippen LogP contribution >= 0.6 is 0 Å². The molecule has 3 aromatic rings. The zero-order valence-corrected chi connectivity index (χ0v) is 16.2. The summed E-state index contributed by atoms with van der Waals surface area (Å²) in [5, 5.41) is 16.8. The van der Waals surface area contributed by atoms with Gasteiger partial charge in [0.2, 0.25) is 0 Å². The van der Waals surface area contributed by atoms with Crippen molar-refractivity contribution in [3.05, 3.63) is 70.7 Å². The average Bonchev–Trinajstić information content (AvgIpc) is 3.35. The molecule has 1 aromatic heterocycles. The SMILES string of the molecule is N#Cc1c(CCCNC(=O)c2ccc3c(c2)CCO3)nn(-c2ccc(F)cc2)c1N. The molecule has 1 aliphatic rings. The number of aryl methyl sites for hydroxylation is 1. The highest BCUT2D eigenvalue weighted by atomic mass is 19.1. The maximum absolute atomic E-state index is 13.2. The molecule has 0 saturated heterocycles. The van der Waals surface area contributed by atoms with Crippen LogP contribution in [0.4, 0.5) is 10.2 Å². The van der Waals surface area contributed by atoms with Crippen molar-refractivity contribution in [3.63, 3.8) is 0 Å². The van der Waals surface area contributed by atoms with Gasteiger partial charge in [-0.2, -0.15) is 10.4 Å². The molecule has 0 fully saturated rings. The third-order valence-corrected chi connectivity index (χ3v) is 5.00. The Balaban J connectivity index is 1.38. The summed E-state index contributed by atoms with van der Waals surface area (Å²) in [6, 6.07) is 13.2. The van der Waals surface area contributed by atoms with E-state index < -0.39 is 0 Å². The average molecular weight is 405 g/mol. The molecule has 152 valence electrons. The lowest BCUT2D eigenvalue weighted by atomic mass is 10.1. The number of nitrogen functional groups attached to an aromatic ring is 1. The van der Waals surface area contributed by atoms with E-state index in [0.717, 1.165) is 17.7 Å². The lowest BCUT2D eigenvalue weighted by Crippen LogP contribution is -2.24. The molecule has 30 heavy (non-hydrogen) atoms. The lowest BCUT2D eigenvalue weighted by molar-refractivity contribution is 0.0953. The number of aromatic nitrogens is 2. The maximum atomic E-state index is 13.2. The molecule has 8 heteroatoms. The van der Waals surface area contributed by atoms with E-state index in [1.54, 1.807) is 18.2 Å². The highest BCUT2D eigenvalue weighted by Crippen LogP contribution is 2.26. The quantitative estimate of drug-likeness (QED) is 0.614. The van der Waals surface area contributed by atoms with E-state index in [-0.39, 0.29) is 17.5 Å². The van der Waals surface area contributed by atoms with Gasteiger partial charge in [-0.05, 0) is 60.9 Å². The minimum Gasteiger partial charge on any atom is -0.493 e. The first kappa shape index (κ1) is 19.5. The first-order valence-corrected chi connectivity index (χ1v) is 9.64. The summed E-state index contributed by atoms with van der Waals surface area (Å²) in [6.07, 6.45) is 1.87. The number of nitrogens with two attached hydrogens (primary N) is 1. The number of fused-ring (bicyclic) bond motifs is 1. The number of ether oxygens (including phenoxy) is 1. The van der Waals surface area contributed by atoms with Gasteiger partial charge in [0.05, 0.1) is 18.0 Å². The molecule has 0 unspecified atom stereocenters. The predicted octanol–water partition coefficient (Wildman–Crippen LogP) is 2.76. The van der Waals surface area contributed by atoms with Crippen molar-refractivity contribution in [1.82, 2.24) is 15.1 Å². The fraction of sp³-hybridized carbons (Fsp3) is 0.227. The summed E-state index contributed by atoms with van der Waals surface area (Å²) in [7, 11) is 0. The summed E-state index contributed by atoms with van der Waals surface area (Å²) in [5.74, 6) is 0.534. The van der Waals surface area contributed by atoms with E-state index in [1.807, 2.05) is 12.1 Å². The molecule has 4 rings (SSSR count). The summed E-state index contributed by atoms with van der Waals surface area (Å²) < 4.78 is 20.0. The van der Waals surface area contributed by atoms with Crippen LogP contribution in [-0.2, 0) is 12.8 Å². The number of halogens is 1. The standard InChI is InChI=1S/C22H20FN5O2/c23-16-4-6-17(7-5-16)28-21(25)18(13-24)19(27-28)2-1-10-26-22(29)15-3-8-20-14(12-15)9-11-30-20/h3-8,12H,1-2,9-11,25H2,(H,26,29). The molecular formula is C22H20FN5O2. The van der Waals surface area contributed by atoms with E-state index in [2.05, 4.69) is 16.5 Å². The first-order chi connectivity index (χ1) is 14.6. The third kappa shape index (κ3) is 3.82. The van der Waals surface area contributed by atoms with Crippen LogP contribution in [0.15, 0.2) is 42.5 Å². The van der Waals surface area contributed by atoms with Crippen molar-refractivity contribution in [2.45, 2.75) is 19.3 Å². The van der Waals surface area contributed by atoms with Gasteiger partial charge in [-0.25, -0.2) is 9.07 Å². The first-order valence-electron chi connectivity index (χ1n) is 9.64. The second kappa shape index (κ2) is 8.25. The second-order valence-electron chi connectivity index (χ2n) is 6.99. The molecule has 2 heterocycles. The summed E-state index contributed by atoms with van der Waals surface area (Å²) in [5.41, 5.74) is 9.12. The third-order valence-electron chi connectivity index (χ3n) is 5.00. The molecule has 0 radical (unpaired) electrons. The Morgan fingerprint density at radius 3 is 2.87 bits per heavy atom. The predicted molar refractivity (Wildman–Crippen MR) is 109 cm³/mol. The summed E-state index contributed by atoms with van der Waals surface area (Å²) >= 11 is 0. The minimum atomic E-state index is -0.364. The van der Waals surface area contributed by atoms with Crippen LogP contribution in [0.1, 0.15) is 33.6 Å². The monoisotopic (exact) mass is 405 g/mol. The van der Waals surface area contributed by atoms with Crippen molar-refractivity contribution in [3.8, 4) is 17.5 Å². The van der Waals surface area contributed by atoms with Crippen LogP contribution in [0.3, 0.4) is 0 Å². The van der Waals surface area contributed by atoms with Crippen molar-refractivity contribution in [1.29, 1.82) is 5.26 Å². The zero-order chi connectivity index (χ0) is 21.1. The fourth-order valence-corrected chi connectivity index (χ4v) is 3.44. The van der Waals surface area contributed by atoms with Crippen LogP contribution in [0.2, 0.25) is 0 Å². The molecule has 0 bridgehead atoms. The maximum Gasteiger partial charge on any atom is 0.251 e. The molecule has 0 aliphatic carbocycles. The molecule has 0 saturated carbocycles. The number of hydrogen-bond donors (Lipinski definition) is 2. The number of nitrogens with one attached hydrogen (secondary N) is 1. The van der Waals surface area contributed by atoms with Crippen molar-refractivity contribution in [2.24, 2.45) is 0 Å². The van der Waals surface area contributed by atoms with E-state index in [9.17, 15) is 14.4 Å². The van der Waals surface area contributed by atoms with Gasteiger partial charge in [-0.3, -0.25) is 4.79 Å². The number of anilines is 1. The normalized spacial score (nSPS) is 12.1.